The fraction of sp³-hybridized carbons (Fsp3) is 0.286. The van der Waals surface area contributed by atoms with Crippen molar-refractivity contribution in [2.75, 3.05) is 0 Å². The molecular formula is C14H16N2O3S. The van der Waals surface area contributed by atoms with E-state index in [1.807, 2.05) is 0 Å². The Hall–Kier alpha value is -1.79. The number of sulfonamides is 1. The maximum Gasteiger partial charge on any atom is 0.241 e. The van der Waals surface area contributed by atoms with Crippen molar-refractivity contribution in [2.24, 2.45) is 0 Å². The van der Waals surface area contributed by atoms with Crippen molar-refractivity contribution in [2.45, 2.75) is 31.2 Å². The van der Waals surface area contributed by atoms with Crippen molar-refractivity contribution in [3.05, 3.63) is 36.7 Å². The van der Waals surface area contributed by atoms with E-state index in [-0.39, 0.29) is 10.7 Å². The number of nitrogens with one attached hydrogen (secondary N) is 1. The summed E-state index contributed by atoms with van der Waals surface area (Å²) >= 11 is 0. The van der Waals surface area contributed by atoms with E-state index in [0.29, 0.717) is 11.8 Å². The van der Waals surface area contributed by atoms with Gasteiger partial charge in [-0.15, -0.1) is 0 Å². The molecule has 0 bridgehead atoms. The largest absolute Gasteiger partial charge is 0.298 e. The minimum Gasteiger partial charge on any atom is -0.298 e. The minimum atomic E-state index is -3.74. The van der Waals surface area contributed by atoms with Crippen LogP contribution in [0.4, 0.5) is 0 Å². The second-order valence-corrected chi connectivity index (χ2v) is 6.20. The zero-order valence-electron chi connectivity index (χ0n) is 11.3. The van der Waals surface area contributed by atoms with Gasteiger partial charge in [0.15, 0.2) is 0 Å². The smallest absolute Gasteiger partial charge is 0.241 e. The number of hydrogen-bond donors (Lipinski definition) is 1. The lowest BCUT2D eigenvalue weighted by atomic mass is 10.2. The number of hydrogen-bond acceptors (Lipinski definition) is 4. The highest BCUT2D eigenvalue weighted by molar-refractivity contribution is 7.89. The molecule has 0 aliphatic rings. The Morgan fingerprint density at radius 3 is 2.80 bits per heavy atom. The monoisotopic (exact) mass is 292 g/mol. The Balaban J connectivity index is 2.45. The van der Waals surface area contributed by atoms with E-state index in [9.17, 15) is 13.2 Å². The first-order valence-corrected chi connectivity index (χ1v) is 7.82. The molecule has 0 saturated heterocycles. The van der Waals surface area contributed by atoms with Gasteiger partial charge >= 0.3 is 0 Å². The Morgan fingerprint density at radius 2 is 2.10 bits per heavy atom. The first-order chi connectivity index (χ1) is 9.45. The van der Waals surface area contributed by atoms with E-state index in [1.165, 1.54) is 6.07 Å². The molecule has 1 atom stereocenters. The SMILES string of the molecule is CCC(=O)C(C)NS(=O)(=O)c1cccc2cnccc12. The minimum absolute atomic E-state index is 0.143. The van der Waals surface area contributed by atoms with Crippen LogP contribution in [0, 0.1) is 0 Å². The fourth-order valence-electron chi connectivity index (χ4n) is 2.00. The zero-order valence-corrected chi connectivity index (χ0v) is 12.1. The van der Waals surface area contributed by atoms with Gasteiger partial charge in [0.05, 0.1) is 10.9 Å². The number of benzene rings is 1. The van der Waals surface area contributed by atoms with Crippen LogP contribution in [0.2, 0.25) is 0 Å². The highest BCUT2D eigenvalue weighted by Gasteiger charge is 2.22. The van der Waals surface area contributed by atoms with Crippen molar-refractivity contribution in [3.63, 3.8) is 0 Å². The van der Waals surface area contributed by atoms with Crippen LogP contribution in [0.15, 0.2) is 41.6 Å². The number of nitrogens with zero attached hydrogens (tertiary/aromatic N) is 1. The summed E-state index contributed by atoms with van der Waals surface area (Å²) in [6.07, 6.45) is 3.44. The summed E-state index contributed by atoms with van der Waals surface area (Å²) < 4.78 is 27.2. The van der Waals surface area contributed by atoms with Crippen LogP contribution < -0.4 is 4.72 Å². The molecule has 1 aromatic heterocycles. The Kier molecular flexibility index (Phi) is 4.15. The van der Waals surface area contributed by atoms with Crippen LogP contribution >= 0.6 is 0 Å². The first-order valence-electron chi connectivity index (χ1n) is 6.33. The molecule has 1 aromatic carbocycles. The molecule has 2 rings (SSSR count). The van der Waals surface area contributed by atoms with Gasteiger partial charge < -0.3 is 0 Å². The number of carbonyl (C=O) groups is 1. The predicted octanol–water partition coefficient (Wildman–Crippen LogP) is 1.88. The van der Waals surface area contributed by atoms with Gasteiger partial charge in [-0.25, -0.2) is 13.1 Å². The number of Topliss-reactive ketones (excluding diaryl/α,β-unsaturated/α-hetero) is 1. The van der Waals surface area contributed by atoms with Crippen LogP contribution in [0.25, 0.3) is 10.8 Å². The molecule has 1 heterocycles. The standard InChI is InChI=1S/C14H16N2O3S/c1-3-13(17)10(2)16-20(18,19)14-6-4-5-11-9-15-8-7-12(11)14/h4-10,16H,3H2,1-2H3. The van der Waals surface area contributed by atoms with Gasteiger partial charge in [-0.1, -0.05) is 19.1 Å². The summed E-state index contributed by atoms with van der Waals surface area (Å²) in [5.41, 5.74) is 0. The third-order valence-electron chi connectivity index (χ3n) is 3.09. The van der Waals surface area contributed by atoms with E-state index in [1.54, 1.807) is 44.4 Å². The third kappa shape index (κ3) is 2.86. The van der Waals surface area contributed by atoms with E-state index in [0.717, 1.165) is 5.39 Å². The van der Waals surface area contributed by atoms with Crippen molar-refractivity contribution in [1.82, 2.24) is 9.71 Å². The van der Waals surface area contributed by atoms with Crippen LogP contribution in [0.3, 0.4) is 0 Å². The molecule has 0 fully saturated rings. The number of pyridine rings is 1. The second-order valence-electron chi connectivity index (χ2n) is 4.52. The van der Waals surface area contributed by atoms with Crippen molar-refractivity contribution >= 4 is 26.6 Å². The molecule has 2 aromatic rings. The van der Waals surface area contributed by atoms with Crippen LogP contribution in [0.5, 0.6) is 0 Å². The average molecular weight is 292 g/mol. The van der Waals surface area contributed by atoms with Crippen molar-refractivity contribution < 1.29 is 13.2 Å². The molecule has 0 radical (unpaired) electrons. The topological polar surface area (TPSA) is 76.1 Å². The van der Waals surface area contributed by atoms with Gasteiger partial charge in [0.2, 0.25) is 10.0 Å². The predicted molar refractivity (Wildman–Crippen MR) is 76.8 cm³/mol. The number of ketones is 1. The van der Waals surface area contributed by atoms with Gasteiger partial charge in [-0.3, -0.25) is 9.78 Å². The van der Waals surface area contributed by atoms with Gasteiger partial charge in [0.1, 0.15) is 5.78 Å². The van der Waals surface area contributed by atoms with E-state index >= 15 is 0 Å². The van der Waals surface area contributed by atoms with Crippen molar-refractivity contribution in [3.8, 4) is 0 Å². The summed E-state index contributed by atoms with van der Waals surface area (Å²) in [6, 6.07) is 5.89. The summed E-state index contributed by atoms with van der Waals surface area (Å²) in [6.45, 7) is 3.26. The van der Waals surface area contributed by atoms with E-state index < -0.39 is 16.1 Å². The molecule has 0 amide bonds. The van der Waals surface area contributed by atoms with Crippen LogP contribution in [-0.4, -0.2) is 25.2 Å². The van der Waals surface area contributed by atoms with Crippen LogP contribution in [-0.2, 0) is 14.8 Å². The normalized spacial score (nSPS) is 13.3. The third-order valence-corrected chi connectivity index (χ3v) is 4.69. The number of aromatic nitrogens is 1. The molecule has 0 saturated carbocycles. The van der Waals surface area contributed by atoms with E-state index in [4.69, 9.17) is 0 Å². The van der Waals surface area contributed by atoms with Crippen molar-refractivity contribution in [1.29, 1.82) is 0 Å². The van der Waals surface area contributed by atoms with Gasteiger partial charge in [0.25, 0.3) is 0 Å². The highest BCUT2D eigenvalue weighted by atomic mass is 32.2. The maximum absolute atomic E-state index is 12.4. The molecule has 5 nitrogen and oxygen atoms in total. The Morgan fingerprint density at radius 1 is 1.35 bits per heavy atom. The molecule has 0 spiro atoms. The molecule has 6 heteroatoms. The lowest BCUT2D eigenvalue weighted by Gasteiger charge is -2.13. The molecule has 1 N–H and O–H groups in total. The lowest BCUT2D eigenvalue weighted by molar-refractivity contribution is -0.119. The van der Waals surface area contributed by atoms with E-state index in [2.05, 4.69) is 9.71 Å². The fourth-order valence-corrected chi connectivity index (χ4v) is 3.45. The molecule has 1 unspecified atom stereocenters. The van der Waals surface area contributed by atoms with Crippen LogP contribution in [0.1, 0.15) is 20.3 Å². The second kappa shape index (κ2) is 5.68. The summed E-state index contributed by atoms with van der Waals surface area (Å²) in [4.78, 5) is 15.7. The summed E-state index contributed by atoms with van der Waals surface area (Å²) in [7, 11) is -3.74. The molecule has 0 aliphatic carbocycles. The molecule has 20 heavy (non-hydrogen) atoms. The van der Waals surface area contributed by atoms with Gasteiger partial charge in [0, 0.05) is 29.6 Å². The summed E-state index contributed by atoms with van der Waals surface area (Å²) in [5, 5.41) is 1.33. The Labute approximate surface area is 118 Å². The number of fused-ring (bicyclic) bond motifs is 1. The highest BCUT2D eigenvalue weighted by Crippen LogP contribution is 2.22. The number of rotatable bonds is 5. The first kappa shape index (κ1) is 14.6. The summed E-state index contributed by atoms with van der Waals surface area (Å²) in [5.74, 6) is -0.143. The zero-order chi connectivity index (χ0) is 14.8. The average Bonchev–Trinajstić information content (AvgIpc) is 2.45. The van der Waals surface area contributed by atoms with Gasteiger partial charge in [-0.2, -0.15) is 0 Å². The Bertz CT molecular complexity index is 736. The lowest BCUT2D eigenvalue weighted by Crippen LogP contribution is -2.38. The molecular weight excluding hydrogens is 276 g/mol. The van der Waals surface area contributed by atoms with Gasteiger partial charge in [-0.05, 0) is 19.1 Å². The maximum atomic E-state index is 12.4. The number of carbonyl (C=O) groups excluding carboxylic acids is 1. The molecule has 0 aliphatic heterocycles. The quantitative estimate of drug-likeness (QED) is 0.913. The molecule has 106 valence electrons.